The van der Waals surface area contributed by atoms with Crippen molar-refractivity contribution in [1.29, 1.82) is 0 Å². The second kappa shape index (κ2) is 10.2. The van der Waals surface area contributed by atoms with Crippen LogP contribution in [-0.4, -0.2) is 24.8 Å². The highest BCUT2D eigenvalue weighted by atomic mass is 32.1. The van der Waals surface area contributed by atoms with E-state index in [-0.39, 0.29) is 5.97 Å². The van der Waals surface area contributed by atoms with Crippen molar-refractivity contribution in [2.45, 2.75) is 20.3 Å². The molecule has 0 aliphatic carbocycles. The molecule has 0 amide bonds. The van der Waals surface area contributed by atoms with Gasteiger partial charge in [-0.1, -0.05) is 36.4 Å². The Bertz CT molecular complexity index is 1030. The predicted octanol–water partition coefficient (Wildman–Crippen LogP) is 5.64. The molecule has 30 heavy (non-hydrogen) atoms. The van der Waals surface area contributed by atoms with E-state index in [2.05, 4.69) is 22.8 Å². The molecule has 0 aliphatic heterocycles. The van der Waals surface area contributed by atoms with Crippen LogP contribution in [0.15, 0.2) is 54.6 Å². The molecule has 0 unspecified atom stereocenters. The fourth-order valence-electron chi connectivity index (χ4n) is 2.96. The van der Waals surface area contributed by atoms with Gasteiger partial charge in [-0.15, -0.1) is 11.3 Å². The third kappa shape index (κ3) is 5.58. The van der Waals surface area contributed by atoms with E-state index in [0.717, 1.165) is 22.5 Å². The number of benzene rings is 2. The van der Waals surface area contributed by atoms with E-state index in [9.17, 15) is 4.79 Å². The fourth-order valence-corrected chi connectivity index (χ4v) is 4.32. The van der Waals surface area contributed by atoms with Crippen LogP contribution in [0.5, 0.6) is 5.75 Å². The van der Waals surface area contributed by atoms with E-state index < -0.39 is 0 Å². The summed E-state index contributed by atoms with van der Waals surface area (Å²) < 4.78 is 10.6. The molecule has 0 bridgehead atoms. The van der Waals surface area contributed by atoms with E-state index in [1.165, 1.54) is 16.9 Å². The van der Waals surface area contributed by atoms with Crippen molar-refractivity contribution in [1.82, 2.24) is 0 Å². The smallest absolute Gasteiger partial charge is 0.341 e. The maximum absolute atomic E-state index is 12.5. The van der Waals surface area contributed by atoms with Gasteiger partial charge in [0.2, 0.25) is 0 Å². The lowest BCUT2D eigenvalue weighted by Crippen LogP contribution is -2.20. The molecule has 156 valence electrons. The lowest BCUT2D eigenvalue weighted by molar-refractivity contribution is 0.0528. The molecule has 0 radical (unpaired) electrons. The van der Waals surface area contributed by atoms with Crippen molar-refractivity contribution < 1.29 is 14.3 Å². The Hall–Kier alpha value is -2.90. The van der Waals surface area contributed by atoms with Crippen molar-refractivity contribution >= 4 is 45.3 Å². The average Bonchev–Trinajstić information content (AvgIpc) is 3.11. The van der Waals surface area contributed by atoms with Crippen LogP contribution in [0.4, 0.5) is 10.7 Å². The van der Waals surface area contributed by atoms with Gasteiger partial charge in [0, 0.05) is 11.3 Å². The number of thiocarbonyl (C=S) groups is 1. The van der Waals surface area contributed by atoms with Crippen LogP contribution in [0.3, 0.4) is 0 Å². The van der Waals surface area contributed by atoms with Crippen molar-refractivity contribution in [2.24, 2.45) is 0 Å². The summed E-state index contributed by atoms with van der Waals surface area (Å²) >= 11 is 6.99. The third-order valence-corrected chi connectivity index (χ3v) is 5.58. The minimum atomic E-state index is -0.369. The van der Waals surface area contributed by atoms with Crippen molar-refractivity contribution in [2.75, 3.05) is 24.4 Å². The molecule has 0 spiro atoms. The summed E-state index contributed by atoms with van der Waals surface area (Å²) in [7, 11) is 1.61. The molecule has 3 aromatic rings. The minimum Gasteiger partial charge on any atom is -0.495 e. The molecule has 3 rings (SSSR count). The first-order chi connectivity index (χ1) is 14.5. The number of esters is 1. The van der Waals surface area contributed by atoms with Crippen LogP contribution < -0.4 is 15.4 Å². The van der Waals surface area contributed by atoms with Gasteiger partial charge in [-0.05, 0) is 55.4 Å². The summed E-state index contributed by atoms with van der Waals surface area (Å²) in [5, 5.41) is 7.34. The molecule has 2 N–H and O–H groups in total. The van der Waals surface area contributed by atoms with Gasteiger partial charge >= 0.3 is 5.97 Å². The van der Waals surface area contributed by atoms with E-state index in [0.29, 0.717) is 28.0 Å². The second-order valence-electron chi connectivity index (χ2n) is 6.62. The van der Waals surface area contributed by atoms with Crippen molar-refractivity contribution in [3.8, 4) is 5.75 Å². The number of methoxy groups -OCH3 is 1. The number of carbonyl (C=O) groups excluding carboxylic acids is 1. The van der Waals surface area contributed by atoms with Crippen LogP contribution >= 0.6 is 23.6 Å². The largest absolute Gasteiger partial charge is 0.495 e. The standard InChI is InChI=1S/C23H24N2O3S2/c1-4-28-22(26)18-14-17(13-16-8-6-5-7-9-16)30-21(18)25-23(29)24-19-12-15(2)10-11-20(19)27-3/h5-12,14H,4,13H2,1-3H3,(H2,24,25,29). The van der Waals surface area contributed by atoms with Gasteiger partial charge in [0.05, 0.1) is 25.0 Å². The van der Waals surface area contributed by atoms with Gasteiger partial charge in [-0.2, -0.15) is 0 Å². The van der Waals surface area contributed by atoms with Gasteiger partial charge in [0.1, 0.15) is 10.8 Å². The lowest BCUT2D eigenvalue weighted by atomic mass is 10.1. The topological polar surface area (TPSA) is 59.6 Å². The Morgan fingerprint density at radius 2 is 1.87 bits per heavy atom. The van der Waals surface area contributed by atoms with Crippen LogP contribution in [0.2, 0.25) is 0 Å². The van der Waals surface area contributed by atoms with Gasteiger partial charge in [0.25, 0.3) is 0 Å². The van der Waals surface area contributed by atoms with E-state index >= 15 is 0 Å². The monoisotopic (exact) mass is 440 g/mol. The highest BCUT2D eigenvalue weighted by Crippen LogP contribution is 2.31. The molecule has 0 aliphatic rings. The minimum absolute atomic E-state index is 0.311. The molecule has 1 aromatic heterocycles. The molecular weight excluding hydrogens is 416 g/mol. The van der Waals surface area contributed by atoms with Gasteiger partial charge in [-0.3, -0.25) is 0 Å². The van der Waals surface area contributed by atoms with Gasteiger partial charge in [-0.25, -0.2) is 4.79 Å². The summed E-state index contributed by atoms with van der Waals surface area (Å²) in [5.41, 5.74) is 3.49. The van der Waals surface area contributed by atoms with Gasteiger partial charge < -0.3 is 20.1 Å². The van der Waals surface area contributed by atoms with E-state index in [1.807, 2.05) is 49.4 Å². The zero-order valence-electron chi connectivity index (χ0n) is 17.2. The lowest BCUT2D eigenvalue weighted by Gasteiger charge is -2.14. The normalized spacial score (nSPS) is 10.4. The molecule has 0 fully saturated rings. The highest BCUT2D eigenvalue weighted by Gasteiger charge is 2.19. The second-order valence-corrected chi connectivity index (χ2v) is 8.17. The molecule has 0 atom stereocenters. The maximum Gasteiger partial charge on any atom is 0.341 e. The Kier molecular flexibility index (Phi) is 7.43. The van der Waals surface area contributed by atoms with Crippen molar-refractivity contribution in [3.63, 3.8) is 0 Å². The first-order valence-corrected chi connectivity index (χ1v) is 10.8. The summed E-state index contributed by atoms with van der Waals surface area (Å²) in [6.45, 7) is 4.10. The molecule has 5 nitrogen and oxygen atoms in total. The first kappa shape index (κ1) is 21.8. The number of aryl methyl sites for hydroxylation is 1. The predicted molar refractivity (Wildman–Crippen MR) is 127 cm³/mol. The van der Waals surface area contributed by atoms with Crippen LogP contribution in [0, 0.1) is 6.92 Å². The third-order valence-electron chi connectivity index (χ3n) is 4.33. The van der Waals surface area contributed by atoms with Crippen LogP contribution in [-0.2, 0) is 11.2 Å². The van der Waals surface area contributed by atoms with Gasteiger partial charge in [0.15, 0.2) is 5.11 Å². The summed E-state index contributed by atoms with van der Waals surface area (Å²) in [6, 6.07) is 17.8. The number of anilines is 2. The molecule has 0 saturated heterocycles. The number of nitrogens with one attached hydrogen (secondary N) is 2. The number of ether oxygens (including phenoxy) is 2. The Morgan fingerprint density at radius 3 is 2.57 bits per heavy atom. The Balaban J connectivity index is 1.82. The first-order valence-electron chi connectivity index (χ1n) is 9.56. The number of thiophene rings is 1. The zero-order valence-corrected chi connectivity index (χ0v) is 18.8. The van der Waals surface area contributed by atoms with E-state index in [1.54, 1.807) is 14.0 Å². The number of hydrogen-bond donors (Lipinski definition) is 2. The Labute approximate surface area is 186 Å². The fraction of sp³-hybridized carbons (Fsp3) is 0.217. The number of hydrogen-bond acceptors (Lipinski definition) is 5. The maximum atomic E-state index is 12.5. The van der Waals surface area contributed by atoms with E-state index in [4.69, 9.17) is 21.7 Å². The average molecular weight is 441 g/mol. The molecular formula is C23H24N2O3S2. The summed E-state index contributed by atoms with van der Waals surface area (Å²) in [6.07, 6.45) is 0.728. The zero-order chi connectivity index (χ0) is 21.5. The summed E-state index contributed by atoms with van der Waals surface area (Å²) in [4.78, 5) is 13.5. The van der Waals surface area contributed by atoms with Crippen LogP contribution in [0.25, 0.3) is 0 Å². The molecule has 0 saturated carbocycles. The quantitative estimate of drug-likeness (QED) is 0.366. The number of rotatable bonds is 7. The molecule has 7 heteroatoms. The highest BCUT2D eigenvalue weighted by molar-refractivity contribution is 7.80. The SMILES string of the molecule is CCOC(=O)c1cc(Cc2ccccc2)sc1NC(=S)Nc1cc(C)ccc1OC. The molecule has 2 aromatic carbocycles. The summed E-state index contributed by atoms with van der Waals surface area (Å²) in [5.74, 6) is 0.317. The van der Waals surface area contributed by atoms with Crippen molar-refractivity contribution in [3.05, 3.63) is 76.2 Å². The number of carbonyl (C=O) groups is 1. The van der Waals surface area contributed by atoms with Crippen LogP contribution in [0.1, 0.15) is 33.3 Å². The Morgan fingerprint density at radius 1 is 1.10 bits per heavy atom. The molecule has 1 heterocycles.